The van der Waals surface area contributed by atoms with Crippen molar-refractivity contribution in [3.05, 3.63) is 35.5 Å². The average molecular weight is 217 g/mol. The van der Waals surface area contributed by atoms with Crippen LogP contribution in [0.2, 0.25) is 0 Å². The maximum absolute atomic E-state index is 4.45. The molecule has 0 bridgehead atoms. The summed E-state index contributed by atoms with van der Waals surface area (Å²) in [5.74, 6) is 0.642. The molecule has 88 valence electrons. The van der Waals surface area contributed by atoms with Crippen LogP contribution in [0.15, 0.2) is 40.4 Å². The van der Waals surface area contributed by atoms with Gasteiger partial charge in [-0.25, -0.2) is 0 Å². The van der Waals surface area contributed by atoms with Crippen molar-refractivity contribution < 1.29 is 0 Å². The Morgan fingerprint density at radius 3 is 2.94 bits per heavy atom. The number of nitrogens with zero attached hydrogens (tertiary/aromatic N) is 1. The molecule has 0 unspecified atom stereocenters. The van der Waals surface area contributed by atoms with E-state index in [0.29, 0.717) is 5.92 Å². The molecule has 0 aromatic heterocycles. The highest BCUT2D eigenvalue weighted by molar-refractivity contribution is 5.57. The van der Waals surface area contributed by atoms with Gasteiger partial charge in [0.25, 0.3) is 0 Å². The zero-order valence-electron chi connectivity index (χ0n) is 10.7. The molecule has 0 saturated carbocycles. The number of hydrogen-bond acceptors (Lipinski definition) is 1. The van der Waals surface area contributed by atoms with Gasteiger partial charge in [0.15, 0.2) is 0 Å². The van der Waals surface area contributed by atoms with Gasteiger partial charge in [0, 0.05) is 0 Å². The first-order valence-corrected chi connectivity index (χ1v) is 6.34. The molecule has 1 aliphatic carbocycles. The summed E-state index contributed by atoms with van der Waals surface area (Å²) >= 11 is 0. The Labute approximate surface area is 99.7 Å². The maximum Gasteiger partial charge on any atom is 0.0638 e. The van der Waals surface area contributed by atoms with Gasteiger partial charge in [-0.1, -0.05) is 45.1 Å². The Kier molecular flexibility index (Phi) is 5.84. The molecule has 1 aliphatic rings. The number of rotatable bonds is 5. The van der Waals surface area contributed by atoms with E-state index in [1.807, 2.05) is 6.21 Å². The lowest BCUT2D eigenvalue weighted by molar-refractivity contribution is 0.657. The molecule has 0 spiro atoms. The van der Waals surface area contributed by atoms with Gasteiger partial charge in [-0.2, -0.15) is 0 Å². The molecular weight excluding hydrogens is 194 g/mol. The molecule has 1 heteroatoms. The topological polar surface area (TPSA) is 12.4 Å². The van der Waals surface area contributed by atoms with Gasteiger partial charge in [-0.15, -0.1) is 0 Å². The number of hydrogen-bond donors (Lipinski definition) is 0. The molecule has 0 aliphatic heterocycles. The van der Waals surface area contributed by atoms with Crippen LogP contribution in [-0.2, 0) is 0 Å². The van der Waals surface area contributed by atoms with Gasteiger partial charge in [-0.3, -0.25) is 4.99 Å². The number of aliphatic imine (C=N–C) groups is 1. The molecule has 16 heavy (non-hydrogen) atoms. The summed E-state index contributed by atoms with van der Waals surface area (Å²) in [4.78, 5) is 4.45. The monoisotopic (exact) mass is 217 g/mol. The lowest BCUT2D eigenvalue weighted by Gasteiger charge is -2.16. The second-order valence-electron chi connectivity index (χ2n) is 4.26. The predicted molar refractivity (Wildman–Crippen MR) is 73.0 cm³/mol. The third-order valence-corrected chi connectivity index (χ3v) is 2.99. The summed E-state index contributed by atoms with van der Waals surface area (Å²) in [5.41, 5.74) is 2.87. The lowest BCUT2D eigenvalue weighted by Crippen LogP contribution is -2.03. The van der Waals surface area contributed by atoms with Crippen LogP contribution in [0.3, 0.4) is 0 Å². The molecule has 0 heterocycles. The molecule has 0 saturated heterocycles. The third kappa shape index (κ3) is 3.80. The minimum atomic E-state index is 0.642. The Morgan fingerprint density at radius 1 is 1.44 bits per heavy atom. The highest BCUT2D eigenvalue weighted by Gasteiger charge is 2.11. The molecular formula is C15H23N. The predicted octanol–water partition coefficient (Wildman–Crippen LogP) is 4.33. The summed E-state index contributed by atoms with van der Waals surface area (Å²) in [7, 11) is 0. The van der Waals surface area contributed by atoms with Crippen molar-refractivity contribution in [2.45, 2.75) is 40.0 Å². The summed E-state index contributed by atoms with van der Waals surface area (Å²) in [6.45, 7) is 7.50. The summed E-state index contributed by atoms with van der Waals surface area (Å²) in [6, 6.07) is 0. The van der Waals surface area contributed by atoms with Crippen molar-refractivity contribution in [2.75, 3.05) is 6.54 Å². The van der Waals surface area contributed by atoms with Crippen LogP contribution in [0.25, 0.3) is 0 Å². The Morgan fingerprint density at radius 2 is 2.25 bits per heavy atom. The molecule has 0 fully saturated rings. The van der Waals surface area contributed by atoms with Crippen LogP contribution in [-0.4, -0.2) is 12.8 Å². The van der Waals surface area contributed by atoms with E-state index < -0.39 is 0 Å². The van der Waals surface area contributed by atoms with E-state index in [-0.39, 0.29) is 0 Å². The Hall–Kier alpha value is -1.11. The second kappa shape index (κ2) is 7.21. The largest absolute Gasteiger partial charge is 0.293 e. The van der Waals surface area contributed by atoms with Gasteiger partial charge >= 0.3 is 0 Å². The van der Waals surface area contributed by atoms with Gasteiger partial charge in [-0.05, 0) is 42.5 Å². The zero-order valence-corrected chi connectivity index (χ0v) is 10.7. The van der Waals surface area contributed by atoms with Crippen molar-refractivity contribution in [3.63, 3.8) is 0 Å². The molecule has 0 aromatic rings. The minimum absolute atomic E-state index is 0.642. The van der Waals surface area contributed by atoms with Crippen LogP contribution < -0.4 is 0 Å². The highest BCUT2D eigenvalue weighted by atomic mass is 14.7. The Balaban J connectivity index is 2.78. The lowest BCUT2D eigenvalue weighted by atomic mass is 9.91. The number of allylic oxidation sites excluding steroid dienone is 4. The molecule has 0 N–H and O–H groups in total. The van der Waals surface area contributed by atoms with Crippen molar-refractivity contribution in [3.8, 4) is 0 Å². The first kappa shape index (κ1) is 13.0. The minimum Gasteiger partial charge on any atom is -0.293 e. The van der Waals surface area contributed by atoms with Crippen LogP contribution in [0.1, 0.15) is 40.0 Å². The SMILES string of the molecule is CCC=NCC1=CC=CCC=C1[C@@H](C)CC. The van der Waals surface area contributed by atoms with Crippen LogP contribution in [0, 0.1) is 5.92 Å². The van der Waals surface area contributed by atoms with Crippen molar-refractivity contribution in [1.82, 2.24) is 0 Å². The summed E-state index contributed by atoms with van der Waals surface area (Å²) in [6.07, 6.45) is 14.2. The standard InChI is InChI=1S/C15H23N/c1-4-11-16-12-14-9-7-6-8-10-15(14)13(3)5-2/h6-7,9-11,13H,4-5,8,12H2,1-3H3/t13-/m0/s1. The van der Waals surface area contributed by atoms with E-state index in [4.69, 9.17) is 0 Å². The van der Waals surface area contributed by atoms with E-state index in [1.165, 1.54) is 17.6 Å². The van der Waals surface area contributed by atoms with E-state index in [2.05, 4.69) is 50.1 Å². The fourth-order valence-corrected chi connectivity index (χ4v) is 1.86. The van der Waals surface area contributed by atoms with Gasteiger partial charge in [0.05, 0.1) is 6.54 Å². The van der Waals surface area contributed by atoms with Crippen LogP contribution in [0.5, 0.6) is 0 Å². The average Bonchev–Trinajstić information content (AvgIpc) is 2.54. The van der Waals surface area contributed by atoms with E-state index in [9.17, 15) is 0 Å². The molecule has 0 radical (unpaired) electrons. The quantitative estimate of drug-likeness (QED) is 0.608. The summed E-state index contributed by atoms with van der Waals surface area (Å²) in [5, 5.41) is 0. The smallest absolute Gasteiger partial charge is 0.0638 e. The zero-order chi connectivity index (χ0) is 11.8. The Bertz CT molecular complexity index is 318. The highest BCUT2D eigenvalue weighted by Crippen LogP contribution is 2.25. The second-order valence-corrected chi connectivity index (χ2v) is 4.26. The fourth-order valence-electron chi connectivity index (χ4n) is 1.86. The molecule has 0 amide bonds. The maximum atomic E-state index is 4.45. The normalized spacial score (nSPS) is 18.2. The van der Waals surface area contributed by atoms with Gasteiger partial charge < -0.3 is 0 Å². The van der Waals surface area contributed by atoms with Crippen molar-refractivity contribution in [1.29, 1.82) is 0 Å². The van der Waals surface area contributed by atoms with Gasteiger partial charge in [0.1, 0.15) is 0 Å². The van der Waals surface area contributed by atoms with E-state index >= 15 is 0 Å². The fraction of sp³-hybridized carbons (Fsp3) is 0.533. The molecule has 1 nitrogen and oxygen atoms in total. The van der Waals surface area contributed by atoms with Crippen molar-refractivity contribution in [2.24, 2.45) is 10.9 Å². The van der Waals surface area contributed by atoms with Crippen molar-refractivity contribution >= 4 is 6.21 Å². The third-order valence-electron chi connectivity index (χ3n) is 2.99. The van der Waals surface area contributed by atoms with Gasteiger partial charge in [0.2, 0.25) is 0 Å². The summed E-state index contributed by atoms with van der Waals surface area (Å²) < 4.78 is 0. The first-order chi connectivity index (χ1) is 7.79. The van der Waals surface area contributed by atoms with Crippen LogP contribution >= 0.6 is 0 Å². The van der Waals surface area contributed by atoms with E-state index in [0.717, 1.165) is 19.4 Å². The molecule has 1 rings (SSSR count). The molecule has 1 atom stereocenters. The van der Waals surface area contributed by atoms with E-state index in [1.54, 1.807) is 0 Å². The first-order valence-electron chi connectivity index (χ1n) is 6.34. The van der Waals surface area contributed by atoms with Crippen LogP contribution in [0.4, 0.5) is 0 Å². The molecule has 0 aromatic carbocycles.